The molecular weight excluding hydrogens is 250 g/mol. The van der Waals surface area contributed by atoms with Crippen LogP contribution in [0.15, 0.2) is 47.1 Å². The third-order valence-electron chi connectivity index (χ3n) is 3.49. The van der Waals surface area contributed by atoms with Gasteiger partial charge in [-0.05, 0) is 30.7 Å². The summed E-state index contributed by atoms with van der Waals surface area (Å²) in [6.45, 7) is 3.13. The average molecular weight is 269 g/mol. The molecule has 1 unspecified atom stereocenters. The van der Waals surface area contributed by atoms with Gasteiger partial charge in [0.15, 0.2) is 0 Å². The summed E-state index contributed by atoms with van der Waals surface area (Å²) < 4.78 is 7.64. The van der Waals surface area contributed by atoms with Crippen LogP contribution in [0, 0.1) is 0 Å². The summed E-state index contributed by atoms with van der Waals surface area (Å²) in [7, 11) is 0. The fourth-order valence-electron chi connectivity index (χ4n) is 2.55. The zero-order valence-corrected chi connectivity index (χ0v) is 11.6. The molecule has 0 amide bonds. The van der Waals surface area contributed by atoms with Gasteiger partial charge >= 0.3 is 0 Å². The zero-order valence-electron chi connectivity index (χ0n) is 11.6. The number of aryl methyl sites for hydroxylation is 1. The van der Waals surface area contributed by atoms with E-state index in [4.69, 9.17) is 15.1 Å². The summed E-state index contributed by atoms with van der Waals surface area (Å²) in [6, 6.07) is 11.8. The lowest BCUT2D eigenvalue weighted by Gasteiger charge is -2.11. The second-order valence-electron chi connectivity index (χ2n) is 4.99. The van der Waals surface area contributed by atoms with Gasteiger partial charge in [0.2, 0.25) is 0 Å². The number of imidazole rings is 1. The molecule has 1 atom stereocenters. The molecule has 20 heavy (non-hydrogen) atoms. The van der Waals surface area contributed by atoms with Gasteiger partial charge in [-0.1, -0.05) is 19.1 Å². The molecule has 4 heteroatoms. The van der Waals surface area contributed by atoms with E-state index >= 15 is 0 Å². The van der Waals surface area contributed by atoms with Gasteiger partial charge in [0.25, 0.3) is 0 Å². The average Bonchev–Trinajstić information content (AvgIpc) is 3.08. The van der Waals surface area contributed by atoms with Gasteiger partial charge in [0.1, 0.15) is 11.6 Å². The van der Waals surface area contributed by atoms with Crippen molar-refractivity contribution in [3.8, 4) is 0 Å². The minimum atomic E-state index is -0.155. The van der Waals surface area contributed by atoms with Crippen LogP contribution in [-0.4, -0.2) is 9.55 Å². The van der Waals surface area contributed by atoms with Crippen LogP contribution in [0.2, 0.25) is 0 Å². The predicted octanol–water partition coefficient (Wildman–Crippen LogP) is 3.28. The molecule has 0 aliphatic carbocycles. The highest BCUT2D eigenvalue weighted by Crippen LogP contribution is 2.21. The van der Waals surface area contributed by atoms with E-state index in [9.17, 15) is 0 Å². The van der Waals surface area contributed by atoms with Crippen molar-refractivity contribution in [1.29, 1.82) is 0 Å². The number of hydrogen-bond donors (Lipinski definition) is 1. The molecule has 3 aromatic rings. The van der Waals surface area contributed by atoms with Crippen LogP contribution in [0.5, 0.6) is 0 Å². The molecule has 2 aromatic heterocycles. The Bertz CT molecular complexity index is 685. The first-order valence-corrected chi connectivity index (χ1v) is 7.02. The maximum Gasteiger partial charge on any atom is 0.120 e. The molecule has 4 nitrogen and oxygen atoms in total. The van der Waals surface area contributed by atoms with Gasteiger partial charge < -0.3 is 14.7 Å². The number of nitrogens with two attached hydrogens (primary N) is 1. The van der Waals surface area contributed by atoms with Crippen LogP contribution in [0.25, 0.3) is 11.0 Å². The number of hydrogen-bond acceptors (Lipinski definition) is 3. The Balaban J connectivity index is 1.96. The SMILES string of the molecule is CCCn1c(CC(N)c2ccco2)nc2ccccc21. The van der Waals surface area contributed by atoms with Crippen molar-refractivity contribution >= 4 is 11.0 Å². The first kappa shape index (κ1) is 12.9. The Morgan fingerprint density at radius 1 is 1.25 bits per heavy atom. The number of aromatic nitrogens is 2. The van der Waals surface area contributed by atoms with Crippen LogP contribution < -0.4 is 5.73 Å². The van der Waals surface area contributed by atoms with Crippen molar-refractivity contribution in [2.45, 2.75) is 32.4 Å². The molecule has 0 fully saturated rings. The number of nitrogens with zero attached hydrogens (tertiary/aromatic N) is 2. The monoisotopic (exact) mass is 269 g/mol. The summed E-state index contributed by atoms with van der Waals surface area (Å²) in [5, 5.41) is 0. The molecule has 0 aliphatic heterocycles. The molecule has 1 aromatic carbocycles. The van der Waals surface area contributed by atoms with Gasteiger partial charge in [0.05, 0.1) is 23.3 Å². The van der Waals surface area contributed by atoms with Crippen molar-refractivity contribution in [3.05, 3.63) is 54.2 Å². The highest BCUT2D eigenvalue weighted by atomic mass is 16.3. The van der Waals surface area contributed by atoms with Gasteiger partial charge in [-0.3, -0.25) is 0 Å². The molecule has 0 saturated heterocycles. The minimum absolute atomic E-state index is 0.155. The smallest absolute Gasteiger partial charge is 0.120 e. The molecule has 0 saturated carbocycles. The van der Waals surface area contributed by atoms with Crippen LogP contribution in [0.4, 0.5) is 0 Å². The molecule has 2 heterocycles. The Hall–Kier alpha value is -2.07. The third kappa shape index (κ3) is 2.34. The quantitative estimate of drug-likeness (QED) is 0.773. The van der Waals surface area contributed by atoms with Crippen LogP contribution in [0.1, 0.15) is 31.0 Å². The first-order valence-electron chi connectivity index (χ1n) is 7.02. The van der Waals surface area contributed by atoms with Crippen LogP contribution in [-0.2, 0) is 13.0 Å². The van der Waals surface area contributed by atoms with Crippen molar-refractivity contribution in [3.63, 3.8) is 0 Å². The largest absolute Gasteiger partial charge is 0.468 e. The lowest BCUT2D eigenvalue weighted by atomic mass is 10.1. The van der Waals surface area contributed by atoms with Gasteiger partial charge in [0, 0.05) is 13.0 Å². The predicted molar refractivity (Wildman–Crippen MR) is 79.4 cm³/mol. The van der Waals surface area contributed by atoms with E-state index in [1.165, 1.54) is 5.52 Å². The number of benzene rings is 1. The Morgan fingerprint density at radius 2 is 2.10 bits per heavy atom. The fraction of sp³-hybridized carbons (Fsp3) is 0.312. The maximum absolute atomic E-state index is 6.21. The molecular formula is C16H19N3O. The van der Waals surface area contributed by atoms with Gasteiger partial charge in [-0.25, -0.2) is 4.98 Å². The number of furan rings is 1. The standard InChI is InChI=1S/C16H19N3O/c1-2-9-19-14-7-4-3-6-13(14)18-16(19)11-12(17)15-8-5-10-20-15/h3-8,10,12H,2,9,11,17H2,1H3. The van der Waals surface area contributed by atoms with E-state index in [0.717, 1.165) is 30.1 Å². The fourth-order valence-corrected chi connectivity index (χ4v) is 2.55. The van der Waals surface area contributed by atoms with E-state index in [2.05, 4.69) is 17.6 Å². The molecule has 2 N–H and O–H groups in total. The second-order valence-corrected chi connectivity index (χ2v) is 4.99. The third-order valence-corrected chi connectivity index (χ3v) is 3.49. The lowest BCUT2D eigenvalue weighted by Crippen LogP contribution is -2.16. The summed E-state index contributed by atoms with van der Waals surface area (Å²) in [4.78, 5) is 4.72. The Labute approximate surface area is 118 Å². The Kier molecular flexibility index (Phi) is 3.56. The van der Waals surface area contributed by atoms with Crippen LogP contribution >= 0.6 is 0 Å². The zero-order chi connectivity index (χ0) is 13.9. The summed E-state index contributed by atoms with van der Waals surface area (Å²) in [5.74, 6) is 1.83. The first-order chi connectivity index (χ1) is 9.79. The molecule has 0 bridgehead atoms. The molecule has 0 aliphatic rings. The van der Waals surface area contributed by atoms with E-state index in [-0.39, 0.29) is 6.04 Å². The second kappa shape index (κ2) is 5.51. The molecule has 3 rings (SSSR count). The van der Waals surface area contributed by atoms with Gasteiger partial charge in [-0.15, -0.1) is 0 Å². The summed E-state index contributed by atoms with van der Waals surface area (Å²) in [6.07, 6.45) is 3.41. The van der Waals surface area contributed by atoms with Crippen molar-refractivity contribution in [2.24, 2.45) is 5.73 Å². The maximum atomic E-state index is 6.21. The lowest BCUT2D eigenvalue weighted by molar-refractivity contribution is 0.456. The van der Waals surface area contributed by atoms with E-state index in [0.29, 0.717) is 6.42 Å². The molecule has 0 spiro atoms. The van der Waals surface area contributed by atoms with E-state index < -0.39 is 0 Å². The van der Waals surface area contributed by atoms with Crippen molar-refractivity contribution in [1.82, 2.24) is 9.55 Å². The van der Waals surface area contributed by atoms with Crippen LogP contribution in [0.3, 0.4) is 0 Å². The summed E-state index contributed by atoms with van der Waals surface area (Å²) >= 11 is 0. The van der Waals surface area contributed by atoms with Crippen molar-refractivity contribution in [2.75, 3.05) is 0 Å². The highest BCUT2D eigenvalue weighted by Gasteiger charge is 2.16. The molecule has 0 radical (unpaired) electrons. The minimum Gasteiger partial charge on any atom is -0.468 e. The number of rotatable bonds is 5. The summed E-state index contributed by atoms with van der Waals surface area (Å²) in [5.41, 5.74) is 8.42. The molecule has 104 valence electrons. The Morgan fingerprint density at radius 3 is 2.85 bits per heavy atom. The topological polar surface area (TPSA) is 57.0 Å². The van der Waals surface area contributed by atoms with E-state index in [1.807, 2.05) is 30.3 Å². The van der Waals surface area contributed by atoms with Gasteiger partial charge in [-0.2, -0.15) is 0 Å². The number of fused-ring (bicyclic) bond motifs is 1. The van der Waals surface area contributed by atoms with E-state index in [1.54, 1.807) is 6.26 Å². The van der Waals surface area contributed by atoms with Crippen molar-refractivity contribution < 1.29 is 4.42 Å². The normalized spacial score (nSPS) is 12.9. The highest BCUT2D eigenvalue weighted by molar-refractivity contribution is 5.75. The number of para-hydroxylation sites is 2.